The average molecular weight is 297 g/mol. The molecule has 4 unspecified atom stereocenters. The molecular weight excluding hydrogens is 270 g/mol. The van der Waals surface area contributed by atoms with Crippen molar-refractivity contribution in [2.24, 2.45) is 5.41 Å². The van der Waals surface area contributed by atoms with Gasteiger partial charge in [0.1, 0.15) is 0 Å². The Hall–Kier alpha value is -0.420. The molecule has 1 saturated carbocycles. The summed E-state index contributed by atoms with van der Waals surface area (Å²) in [6.45, 7) is 9.51. The molecule has 4 heteroatoms. The number of hydrogen-bond donors (Lipinski definition) is 2. The molecule has 3 nitrogen and oxygen atoms in total. The van der Waals surface area contributed by atoms with Gasteiger partial charge in [0, 0.05) is 29.0 Å². The van der Waals surface area contributed by atoms with Crippen molar-refractivity contribution >= 4 is 11.3 Å². The zero-order valence-corrected chi connectivity index (χ0v) is 13.7. The Balaban J connectivity index is 1.79. The fourth-order valence-electron chi connectivity index (χ4n) is 3.00. The largest absolute Gasteiger partial charge is 0.388 e. The molecule has 0 aliphatic heterocycles. The van der Waals surface area contributed by atoms with Crippen LogP contribution >= 0.6 is 11.3 Å². The lowest BCUT2D eigenvalue weighted by Crippen LogP contribution is -2.62. The van der Waals surface area contributed by atoms with Crippen molar-refractivity contribution in [3.8, 4) is 0 Å². The molecule has 0 amide bonds. The van der Waals surface area contributed by atoms with Crippen LogP contribution < -0.4 is 5.32 Å². The van der Waals surface area contributed by atoms with Crippen LogP contribution in [-0.4, -0.2) is 29.9 Å². The maximum Gasteiger partial charge on any atom is 0.0896 e. The van der Waals surface area contributed by atoms with Gasteiger partial charge in [-0.05, 0) is 38.1 Å². The summed E-state index contributed by atoms with van der Waals surface area (Å²) in [5, 5.41) is 15.9. The minimum absolute atomic E-state index is 0.179. The quantitative estimate of drug-likeness (QED) is 0.811. The molecule has 1 aliphatic carbocycles. The second kappa shape index (κ2) is 6.56. The first-order valence-corrected chi connectivity index (χ1v) is 8.42. The predicted octanol–water partition coefficient (Wildman–Crippen LogP) is 3.35. The van der Waals surface area contributed by atoms with Gasteiger partial charge in [0.2, 0.25) is 0 Å². The zero-order chi connectivity index (χ0) is 14.8. The van der Waals surface area contributed by atoms with Crippen molar-refractivity contribution in [3.63, 3.8) is 0 Å². The van der Waals surface area contributed by atoms with Gasteiger partial charge in [-0.1, -0.05) is 19.9 Å². The Labute approximate surface area is 126 Å². The van der Waals surface area contributed by atoms with Gasteiger partial charge in [-0.25, -0.2) is 0 Å². The van der Waals surface area contributed by atoms with Crippen molar-refractivity contribution in [3.05, 3.63) is 22.4 Å². The third kappa shape index (κ3) is 3.42. The third-order valence-electron chi connectivity index (χ3n) is 4.48. The molecule has 1 fully saturated rings. The lowest BCUT2D eigenvalue weighted by Gasteiger charge is -2.52. The zero-order valence-electron chi connectivity index (χ0n) is 12.9. The molecule has 0 bridgehead atoms. The van der Waals surface area contributed by atoms with Crippen LogP contribution in [0.5, 0.6) is 0 Å². The van der Waals surface area contributed by atoms with Crippen molar-refractivity contribution in [2.45, 2.75) is 64.8 Å². The summed E-state index contributed by atoms with van der Waals surface area (Å²) in [4.78, 5) is 1.05. The van der Waals surface area contributed by atoms with E-state index < -0.39 is 0 Å². The van der Waals surface area contributed by atoms with Crippen molar-refractivity contribution in [1.82, 2.24) is 5.32 Å². The first kappa shape index (κ1) is 16.0. The Morgan fingerprint density at radius 3 is 2.85 bits per heavy atom. The van der Waals surface area contributed by atoms with Crippen LogP contribution in [0.15, 0.2) is 17.5 Å². The molecule has 0 spiro atoms. The van der Waals surface area contributed by atoms with Gasteiger partial charge in [-0.3, -0.25) is 0 Å². The van der Waals surface area contributed by atoms with Gasteiger partial charge in [-0.2, -0.15) is 0 Å². The number of hydrogen-bond acceptors (Lipinski definition) is 4. The van der Waals surface area contributed by atoms with E-state index in [4.69, 9.17) is 4.74 Å². The van der Waals surface area contributed by atoms with E-state index >= 15 is 0 Å². The molecule has 1 heterocycles. The lowest BCUT2D eigenvalue weighted by molar-refractivity contribution is -0.116. The molecule has 0 radical (unpaired) electrons. The normalized spacial score (nSPS) is 27.9. The number of rotatable bonds is 7. The highest BCUT2D eigenvalue weighted by Gasteiger charge is 2.48. The summed E-state index contributed by atoms with van der Waals surface area (Å²) in [5.74, 6) is 0. The SMILES string of the molecule is CCOC1CC(NC(C)CC(O)c2cccs2)C1(C)C. The monoisotopic (exact) mass is 297 g/mol. The van der Waals surface area contributed by atoms with E-state index in [1.54, 1.807) is 11.3 Å². The van der Waals surface area contributed by atoms with Crippen LogP contribution in [0.3, 0.4) is 0 Å². The van der Waals surface area contributed by atoms with Crippen molar-refractivity contribution in [1.29, 1.82) is 0 Å². The van der Waals surface area contributed by atoms with E-state index in [0.29, 0.717) is 18.2 Å². The van der Waals surface area contributed by atoms with Crippen LogP contribution in [0.2, 0.25) is 0 Å². The minimum atomic E-state index is -0.358. The number of nitrogens with one attached hydrogen (secondary N) is 1. The van der Waals surface area contributed by atoms with E-state index in [0.717, 1.165) is 24.3 Å². The second-order valence-electron chi connectivity index (χ2n) is 6.39. The highest BCUT2D eigenvalue weighted by atomic mass is 32.1. The molecule has 2 N–H and O–H groups in total. The highest BCUT2D eigenvalue weighted by molar-refractivity contribution is 7.10. The standard InChI is InChI=1S/C16H27NO2S/c1-5-19-15-10-14(16(15,3)4)17-11(2)9-12(18)13-7-6-8-20-13/h6-8,11-12,14-15,17-18H,5,9-10H2,1-4H3. The predicted molar refractivity (Wildman–Crippen MR) is 84.1 cm³/mol. The third-order valence-corrected chi connectivity index (χ3v) is 5.45. The molecular formula is C16H27NO2S. The lowest BCUT2D eigenvalue weighted by atomic mass is 9.64. The van der Waals surface area contributed by atoms with E-state index in [9.17, 15) is 5.11 Å². The number of aliphatic hydroxyl groups excluding tert-OH is 1. The number of thiophene rings is 1. The van der Waals surface area contributed by atoms with E-state index in [-0.39, 0.29) is 11.5 Å². The van der Waals surface area contributed by atoms with E-state index in [1.165, 1.54) is 0 Å². The second-order valence-corrected chi connectivity index (χ2v) is 7.37. The minimum Gasteiger partial charge on any atom is -0.388 e. The topological polar surface area (TPSA) is 41.5 Å². The summed E-state index contributed by atoms with van der Waals surface area (Å²) in [5.41, 5.74) is 0.179. The van der Waals surface area contributed by atoms with Crippen molar-refractivity contribution in [2.75, 3.05) is 6.61 Å². The van der Waals surface area contributed by atoms with Crippen molar-refractivity contribution < 1.29 is 9.84 Å². The van der Waals surface area contributed by atoms with Crippen LogP contribution in [0.1, 0.15) is 51.5 Å². The molecule has 0 aromatic carbocycles. The van der Waals surface area contributed by atoms with Crippen LogP contribution in [0.4, 0.5) is 0 Å². The molecule has 0 saturated heterocycles. The molecule has 1 aromatic rings. The van der Waals surface area contributed by atoms with E-state index in [2.05, 4.69) is 33.0 Å². The summed E-state index contributed by atoms with van der Waals surface area (Å²) < 4.78 is 5.76. The molecule has 4 atom stereocenters. The molecule has 20 heavy (non-hydrogen) atoms. The van der Waals surface area contributed by atoms with E-state index in [1.807, 2.05) is 17.5 Å². The number of aliphatic hydroxyl groups is 1. The van der Waals surface area contributed by atoms with Crippen LogP contribution in [0.25, 0.3) is 0 Å². The Bertz CT molecular complexity index is 405. The summed E-state index contributed by atoms with van der Waals surface area (Å²) >= 11 is 1.62. The van der Waals surface area contributed by atoms with Gasteiger partial charge in [0.05, 0.1) is 12.2 Å². The maximum absolute atomic E-state index is 10.2. The van der Waals surface area contributed by atoms with Gasteiger partial charge in [-0.15, -0.1) is 11.3 Å². The number of ether oxygens (including phenoxy) is 1. The molecule has 1 aromatic heterocycles. The van der Waals surface area contributed by atoms with Gasteiger partial charge in [0.15, 0.2) is 0 Å². The first-order valence-electron chi connectivity index (χ1n) is 7.54. The van der Waals surface area contributed by atoms with Gasteiger partial charge < -0.3 is 15.2 Å². The Morgan fingerprint density at radius 1 is 1.55 bits per heavy atom. The average Bonchev–Trinajstić information content (AvgIpc) is 2.91. The Morgan fingerprint density at radius 2 is 2.30 bits per heavy atom. The fourth-order valence-corrected chi connectivity index (χ4v) is 3.72. The highest BCUT2D eigenvalue weighted by Crippen LogP contribution is 2.43. The Kier molecular flexibility index (Phi) is 5.24. The summed E-state index contributed by atoms with van der Waals surface area (Å²) in [7, 11) is 0. The van der Waals surface area contributed by atoms with Gasteiger partial charge >= 0.3 is 0 Å². The fraction of sp³-hybridized carbons (Fsp3) is 0.750. The van der Waals surface area contributed by atoms with Gasteiger partial charge in [0.25, 0.3) is 0 Å². The molecule has 2 rings (SSSR count). The summed E-state index contributed by atoms with van der Waals surface area (Å²) in [6.07, 6.45) is 1.83. The summed E-state index contributed by atoms with van der Waals surface area (Å²) in [6, 6.07) is 4.77. The maximum atomic E-state index is 10.2. The molecule has 114 valence electrons. The van der Waals surface area contributed by atoms with Crippen LogP contribution in [-0.2, 0) is 4.74 Å². The smallest absolute Gasteiger partial charge is 0.0896 e. The van der Waals surface area contributed by atoms with Crippen LogP contribution in [0, 0.1) is 5.41 Å². The first-order chi connectivity index (χ1) is 9.45. The molecule has 1 aliphatic rings.